The third-order valence-corrected chi connectivity index (χ3v) is 5.41. The third-order valence-electron chi connectivity index (χ3n) is 5.11. The smallest absolute Gasteiger partial charge is 0.419 e. The van der Waals surface area contributed by atoms with Crippen LogP contribution in [0.1, 0.15) is 25.7 Å². The number of esters is 1. The Hall–Kier alpha value is -2.07. The molecule has 1 aliphatic rings. The van der Waals surface area contributed by atoms with E-state index in [1.807, 2.05) is 0 Å². The molecule has 1 fully saturated rings. The average molecular weight is 429 g/mol. The van der Waals surface area contributed by atoms with Crippen molar-refractivity contribution in [1.29, 1.82) is 0 Å². The number of benzene rings is 1. The summed E-state index contributed by atoms with van der Waals surface area (Å²) in [6.07, 6.45) is 3.37. The van der Waals surface area contributed by atoms with Gasteiger partial charge in [0.1, 0.15) is 12.4 Å². The SMILES string of the molecule is NC(CO)(CO)COC(=O)CCn1c(=O)oc2cc(OCC3CCC3)c(Cl)cc21. The molecule has 0 radical (unpaired) electrons. The van der Waals surface area contributed by atoms with E-state index in [0.717, 1.165) is 12.8 Å². The number of nitrogens with two attached hydrogens (primary N) is 1. The second kappa shape index (κ2) is 9.17. The van der Waals surface area contributed by atoms with Gasteiger partial charge < -0.3 is 29.8 Å². The van der Waals surface area contributed by atoms with E-state index in [0.29, 0.717) is 34.4 Å². The van der Waals surface area contributed by atoms with Crippen LogP contribution in [0.2, 0.25) is 5.02 Å². The van der Waals surface area contributed by atoms with Crippen LogP contribution in [0.15, 0.2) is 21.3 Å². The summed E-state index contributed by atoms with van der Waals surface area (Å²) in [5.41, 5.74) is 5.01. The average Bonchev–Trinajstić information content (AvgIpc) is 2.97. The number of carbonyl (C=O) groups is 1. The Morgan fingerprint density at radius 3 is 2.69 bits per heavy atom. The highest BCUT2D eigenvalue weighted by Gasteiger charge is 2.25. The lowest BCUT2D eigenvalue weighted by Gasteiger charge is -2.25. The van der Waals surface area contributed by atoms with Gasteiger partial charge in [-0.05, 0) is 24.8 Å². The number of nitrogens with zero attached hydrogens (tertiary/aromatic N) is 1. The minimum Gasteiger partial charge on any atom is -0.492 e. The maximum atomic E-state index is 12.2. The Balaban J connectivity index is 1.64. The van der Waals surface area contributed by atoms with Crippen molar-refractivity contribution >= 4 is 28.7 Å². The van der Waals surface area contributed by atoms with Gasteiger partial charge in [0.05, 0.1) is 42.3 Å². The molecule has 1 saturated carbocycles. The summed E-state index contributed by atoms with van der Waals surface area (Å²) in [4.78, 5) is 24.1. The maximum Gasteiger partial charge on any atom is 0.419 e. The zero-order valence-corrected chi connectivity index (χ0v) is 16.7. The molecule has 9 nitrogen and oxygen atoms in total. The Morgan fingerprint density at radius 1 is 1.34 bits per heavy atom. The van der Waals surface area contributed by atoms with Gasteiger partial charge in [-0.25, -0.2) is 4.79 Å². The van der Waals surface area contributed by atoms with Crippen LogP contribution in [-0.2, 0) is 16.1 Å². The number of fused-ring (bicyclic) bond motifs is 1. The van der Waals surface area contributed by atoms with Crippen molar-refractivity contribution in [3.8, 4) is 5.75 Å². The topological polar surface area (TPSA) is 137 Å². The number of ether oxygens (including phenoxy) is 2. The van der Waals surface area contributed by atoms with Gasteiger partial charge in [0.2, 0.25) is 0 Å². The third kappa shape index (κ3) is 5.11. The predicted octanol–water partition coefficient (Wildman–Crippen LogP) is 1.04. The van der Waals surface area contributed by atoms with Crippen LogP contribution in [0.3, 0.4) is 0 Å². The molecule has 1 aliphatic carbocycles. The van der Waals surface area contributed by atoms with E-state index in [1.165, 1.54) is 11.0 Å². The summed E-state index contributed by atoms with van der Waals surface area (Å²) < 4.78 is 17.3. The van der Waals surface area contributed by atoms with E-state index >= 15 is 0 Å². The molecule has 0 atom stereocenters. The molecule has 3 rings (SSSR count). The van der Waals surface area contributed by atoms with Crippen molar-refractivity contribution < 1.29 is 28.9 Å². The highest BCUT2D eigenvalue weighted by Crippen LogP contribution is 2.32. The fourth-order valence-corrected chi connectivity index (χ4v) is 3.11. The molecular weight excluding hydrogens is 404 g/mol. The molecule has 0 amide bonds. The fraction of sp³-hybridized carbons (Fsp3) is 0.579. The molecule has 1 heterocycles. The standard InChI is InChI=1S/C19H25ClN2O7/c20-13-6-14-16(7-15(13)27-8-12-2-1-3-12)29-18(26)22(14)5-4-17(25)28-11-19(21,9-23)10-24/h6-7,12,23-24H,1-5,8-11,21H2. The zero-order chi connectivity index (χ0) is 21.0. The lowest BCUT2D eigenvalue weighted by molar-refractivity contribution is -0.146. The molecule has 4 N–H and O–H groups in total. The first-order valence-corrected chi connectivity index (χ1v) is 9.85. The lowest BCUT2D eigenvalue weighted by Crippen LogP contribution is -2.51. The van der Waals surface area contributed by atoms with Crippen LogP contribution in [0.5, 0.6) is 5.75 Å². The molecule has 0 saturated heterocycles. The van der Waals surface area contributed by atoms with Crippen molar-refractivity contribution in [2.24, 2.45) is 11.7 Å². The number of oxazole rings is 1. The van der Waals surface area contributed by atoms with Gasteiger partial charge in [-0.15, -0.1) is 0 Å². The van der Waals surface area contributed by atoms with Crippen molar-refractivity contribution in [3.63, 3.8) is 0 Å². The molecule has 0 unspecified atom stereocenters. The number of hydrogen-bond donors (Lipinski definition) is 3. The Bertz CT molecular complexity index is 915. The van der Waals surface area contributed by atoms with Crippen LogP contribution < -0.4 is 16.2 Å². The van der Waals surface area contributed by atoms with Gasteiger partial charge in [0.25, 0.3) is 0 Å². The van der Waals surface area contributed by atoms with Crippen LogP contribution in [0.4, 0.5) is 0 Å². The lowest BCUT2D eigenvalue weighted by atomic mass is 9.86. The highest BCUT2D eigenvalue weighted by atomic mass is 35.5. The first-order chi connectivity index (χ1) is 13.8. The molecule has 2 aromatic rings. The van der Waals surface area contributed by atoms with Gasteiger partial charge >= 0.3 is 11.7 Å². The van der Waals surface area contributed by atoms with E-state index < -0.39 is 30.5 Å². The van der Waals surface area contributed by atoms with Gasteiger partial charge in [-0.3, -0.25) is 9.36 Å². The second-order valence-corrected chi connectivity index (χ2v) is 7.87. The minimum atomic E-state index is -1.40. The Kier molecular flexibility index (Phi) is 6.84. The number of halogens is 1. The van der Waals surface area contributed by atoms with Crippen LogP contribution in [0.25, 0.3) is 11.1 Å². The van der Waals surface area contributed by atoms with Crippen molar-refractivity contribution in [2.45, 2.75) is 37.8 Å². The summed E-state index contributed by atoms with van der Waals surface area (Å²) in [5.74, 6) is -0.264. The number of rotatable bonds is 10. The first kappa shape index (κ1) is 21.6. The van der Waals surface area contributed by atoms with Gasteiger partial charge in [-0.2, -0.15) is 0 Å². The van der Waals surface area contributed by atoms with E-state index in [1.54, 1.807) is 12.1 Å². The van der Waals surface area contributed by atoms with E-state index in [2.05, 4.69) is 0 Å². The molecule has 0 aliphatic heterocycles. The predicted molar refractivity (Wildman–Crippen MR) is 105 cm³/mol. The van der Waals surface area contributed by atoms with Gasteiger partial charge in [0.15, 0.2) is 5.58 Å². The first-order valence-electron chi connectivity index (χ1n) is 9.47. The number of carbonyl (C=O) groups excluding carboxylic acids is 1. The summed E-state index contributed by atoms with van der Waals surface area (Å²) >= 11 is 6.29. The van der Waals surface area contributed by atoms with Gasteiger partial charge in [0, 0.05) is 12.6 Å². The van der Waals surface area contributed by atoms with Crippen LogP contribution in [-0.4, -0.2) is 52.7 Å². The number of aryl methyl sites for hydroxylation is 1. The van der Waals surface area contributed by atoms with E-state index in [4.69, 9.17) is 41.4 Å². The molecule has 1 aromatic heterocycles. The molecule has 1 aromatic carbocycles. The molecule has 0 spiro atoms. The summed E-state index contributed by atoms with van der Waals surface area (Å²) in [5, 5.41) is 18.6. The van der Waals surface area contributed by atoms with Crippen molar-refractivity contribution in [1.82, 2.24) is 4.57 Å². The monoisotopic (exact) mass is 428 g/mol. The van der Waals surface area contributed by atoms with E-state index in [9.17, 15) is 9.59 Å². The quantitative estimate of drug-likeness (QED) is 0.477. The van der Waals surface area contributed by atoms with Crippen LogP contribution in [0, 0.1) is 5.92 Å². The molecule has 10 heteroatoms. The van der Waals surface area contributed by atoms with Crippen molar-refractivity contribution in [2.75, 3.05) is 26.4 Å². The number of aliphatic hydroxyl groups excluding tert-OH is 2. The Labute approximate surface area is 171 Å². The number of aliphatic hydroxyl groups is 2. The Morgan fingerprint density at radius 2 is 2.07 bits per heavy atom. The van der Waals surface area contributed by atoms with Crippen LogP contribution >= 0.6 is 11.6 Å². The normalized spacial score (nSPS) is 14.8. The zero-order valence-electron chi connectivity index (χ0n) is 15.9. The molecule has 0 bridgehead atoms. The summed E-state index contributed by atoms with van der Waals surface area (Å²) in [6, 6.07) is 3.16. The van der Waals surface area contributed by atoms with Gasteiger partial charge in [-0.1, -0.05) is 18.0 Å². The summed E-state index contributed by atoms with van der Waals surface area (Å²) in [7, 11) is 0. The fourth-order valence-electron chi connectivity index (χ4n) is 2.89. The second-order valence-electron chi connectivity index (χ2n) is 7.47. The minimum absolute atomic E-state index is 0.0130. The molecule has 160 valence electrons. The summed E-state index contributed by atoms with van der Waals surface area (Å²) in [6.45, 7) is -0.822. The van der Waals surface area contributed by atoms with Crippen molar-refractivity contribution in [3.05, 3.63) is 27.7 Å². The number of hydrogen-bond acceptors (Lipinski definition) is 8. The van der Waals surface area contributed by atoms with E-state index in [-0.39, 0.29) is 19.6 Å². The largest absolute Gasteiger partial charge is 0.492 e. The molecule has 29 heavy (non-hydrogen) atoms. The molecular formula is C19H25ClN2O7. The highest BCUT2D eigenvalue weighted by molar-refractivity contribution is 6.32. The maximum absolute atomic E-state index is 12.2. The number of aromatic nitrogens is 1.